The summed E-state index contributed by atoms with van der Waals surface area (Å²) in [5.41, 5.74) is 7.37. The molecule has 0 radical (unpaired) electrons. The van der Waals surface area contributed by atoms with Gasteiger partial charge in [0.15, 0.2) is 11.5 Å². The first-order chi connectivity index (χ1) is 15.0. The lowest BCUT2D eigenvalue weighted by Gasteiger charge is -2.36. The third-order valence-electron chi connectivity index (χ3n) is 5.79. The molecule has 31 heavy (non-hydrogen) atoms. The Labute approximate surface area is 181 Å². The third kappa shape index (κ3) is 2.66. The minimum absolute atomic E-state index is 0.188. The molecule has 2 aromatic rings. The maximum atomic E-state index is 13.6. The van der Waals surface area contributed by atoms with Crippen LogP contribution in [-0.2, 0) is 14.4 Å². The quantitative estimate of drug-likeness (QED) is 0.441. The number of fused-ring (bicyclic) bond motifs is 5. The highest BCUT2D eigenvalue weighted by molar-refractivity contribution is 8.04. The zero-order valence-electron chi connectivity index (χ0n) is 16.7. The Kier molecular flexibility index (Phi) is 4.44. The first kappa shape index (κ1) is 19.5. The summed E-state index contributed by atoms with van der Waals surface area (Å²) in [7, 11) is 2.94. The van der Waals surface area contributed by atoms with Crippen molar-refractivity contribution in [3.05, 3.63) is 58.6 Å². The normalized spacial score (nSPS) is 24.4. The fraction of sp³-hybridized carbons (Fsp3) is 0.227. The highest BCUT2D eigenvalue weighted by atomic mass is 32.2. The Bertz CT molecular complexity index is 1180. The lowest BCUT2D eigenvalue weighted by Crippen LogP contribution is -2.39. The number of hydrogen-bond donors (Lipinski definition) is 1. The predicted molar refractivity (Wildman–Crippen MR) is 113 cm³/mol. The molecule has 1 saturated heterocycles. The van der Waals surface area contributed by atoms with E-state index in [4.69, 9.17) is 19.9 Å². The second-order valence-corrected chi connectivity index (χ2v) is 8.46. The van der Waals surface area contributed by atoms with Crippen LogP contribution in [0.3, 0.4) is 0 Å². The van der Waals surface area contributed by atoms with Crippen molar-refractivity contribution in [1.29, 1.82) is 0 Å². The Morgan fingerprint density at radius 1 is 0.968 bits per heavy atom. The van der Waals surface area contributed by atoms with Crippen LogP contribution in [0.2, 0.25) is 0 Å². The van der Waals surface area contributed by atoms with Gasteiger partial charge in [-0.1, -0.05) is 36.0 Å². The summed E-state index contributed by atoms with van der Waals surface area (Å²) in [5, 5.41) is -0.580. The third-order valence-corrected chi connectivity index (χ3v) is 7.01. The van der Waals surface area contributed by atoms with E-state index in [0.717, 1.165) is 16.7 Å². The molecule has 3 aliphatic heterocycles. The monoisotopic (exact) mass is 438 g/mol. The molecule has 0 aliphatic carbocycles. The number of nitrogens with two attached hydrogens (primary N) is 1. The van der Waals surface area contributed by atoms with E-state index in [1.54, 1.807) is 42.5 Å². The summed E-state index contributed by atoms with van der Waals surface area (Å²) < 4.78 is 16.2. The van der Waals surface area contributed by atoms with Crippen LogP contribution >= 0.6 is 11.8 Å². The van der Waals surface area contributed by atoms with E-state index in [0.29, 0.717) is 22.7 Å². The maximum absolute atomic E-state index is 13.6. The van der Waals surface area contributed by atoms with E-state index in [1.165, 1.54) is 14.2 Å². The highest BCUT2D eigenvalue weighted by Gasteiger charge is 2.59. The van der Waals surface area contributed by atoms with Gasteiger partial charge in [-0.05, 0) is 18.2 Å². The molecule has 2 aromatic carbocycles. The number of imide groups is 1. The number of carbonyl (C=O) groups excluding carboxylic acids is 3. The highest BCUT2D eigenvalue weighted by Crippen LogP contribution is 2.56. The number of para-hydroxylation sites is 3. The van der Waals surface area contributed by atoms with Gasteiger partial charge in [-0.15, -0.1) is 0 Å². The molecule has 158 valence electrons. The summed E-state index contributed by atoms with van der Waals surface area (Å²) in [6.45, 7) is 0. The van der Waals surface area contributed by atoms with E-state index in [-0.39, 0.29) is 16.4 Å². The van der Waals surface area contributed by atoms with Crippen molar-refractivity contribution >= 4 is 35.2 Å². The van der Waals surface area contributed by atoms with Crippen molar-refractivity contribution in [2.45, 2.75) is 11.2 Å². The number of rotatable bonds is 3. The van der Waals surface area contributed by atoms with Gasteiger partial charge >= 0.3 is 5.97 Å². The van der Waals surface area contributed by atoms with E-state index >= 15 is 0 Å². The van der Waals surface area contributed by atoms with Crippen LogP contribution in [0, 0.1) is 5.92 Å². The molecule has 0 unspecified atom stereocenters. The number of carbonyl (C=O) groups is 3. The molecular formula is C22H18N2O6S. The Hall–Kier alpha value is -3.46. The number of ether oxygens (including phenoxy) is 3. The fourth-order valence-electron chi connectivity index (χ4n) is 4.47. The molecular weight excluding hydrogens is 420 g/mol. The Morgan fingerprint density at radius 2 is 1.68 bits per heavy atom. The van der Waals surface area contributed by atoms with Gasteiger partial charge in [-0.3, -0.25) is 9.59 Å². The Balaban J connectivity index is 1.68. The topological polar surface area (TPSA) is 108 Å². The van der Waals surface area contributed by atoms with E-state index in [2.05, 4.69) is 0 Å². The number of esters is 1. The minimum atomic E-state index is -0.816. The molecule has 8 nitrogen and oxygen atoms in total. The lowest BCUT2D eigenvalue weighted by atomic mass is 9.77. The minimum Gasteiger partial charge on any atom is -0.495 e. The second kappa shape index (κ2) is 7.05. The van der Waals surface area contributed by atoms with Crippen molar-refractivity contribution < 1.29 is 28.6 Å². The number of hydrogen-bond acceptors (Lipinski definition) is 8. The molecule has 0 saturated carbocycles. The van der Waals surface area contributed by atoms with Gasteiger partial charge in [0.2, 0.25) is 11.8 Å². The second-order valence-electron chi connectivity index (χ2n) is 7.27. The van der Waals surface area contributed by atoms with E-state index < -0.39 is 34.9 Å². The van der Waals surface area contributed by atoms with Crippen LogP contribution in [0.15, 0.2) is 53.1 Å². The lowest BCUT2D eigenvalue weighted by molar-refractivity contribution is -0.132. The van der Waals surface area contributed by atoms with Gasteiger partial charge in [0.25, 0.3) is 0 Å². The largest absolute Gasteiger partial charge is 0.495 e. The predicted octanol–water partition coefficient (Wildman–Crippen LogP) is 2.18. The van der Waals surface area contributed by atoms with E-state index in [1.807, 2.05) is 0 Å². The summed E-state index contributed by atoms with van der Waals surface area (Å²) in [4.78, 5) is 41.0. The van der Waals surface area contributed by atoms with Gasteiger partial charge in [-0.25, -0.2) is 9.69 Å². The van der Waals surface area contributed by atoms with Crippen LogP contribution in [0.1, 0.15) is 11.5 Å². The van der Waals surface area contributed by atoms with Gasteiger partial charge < -0.3 is 19.9 Å². The standard InChI is InChI=1S/C22H18N2O6S/c1-28-12-8-4-3-7-11(12)24-20(25)15-14-10-6-5-9-13(29-2)17(10)30-22(27)16(14)19(23)31-18(15)21(24)26/h3-9,14-15,18H,23H2,1-2H3/t14-,15-,18+/m1/s1. The zero-order valence-corrected chi connectivity index (χ0v) is 17.5. The summed E-state index contributed by atoms with van der Waals surface area (Å²) in [5.74, 6) is -1.95. The molecule has 3 atom stereocenters. The molecule has 2 amide bonds. The zero-order chi connectivity index (χ0) is 21.9. The van der Waals surface area contributed by atoms with Crippen molar-refractivity contribution in [1.82, 2.24) is 0 Å². The van der Waals surface area contributed by atoms with Gasteiger partial charge in [0, 0.05) is 11.5 Å². The maximum Gasteiger partial charge on any atom is 0.342 e. The van der Waals surface area contributed by atoms with Crippen molar-refractivity contribution in [2.75, 3.05) is 19.1 Å². The smallest absolute Gasteiger partial charge is 0.342 e. The number of nitrogens with zero attached hydrogens (tertiary/aromatic N) is 1. The van der Waals surface area contributed by atoms with E-state index in [9.17, 15) is 14.4 Å². The molecule has 1 fully saturated rings. The number of amides is 2. The summed E-state index contributed by atoms with van der Waals surface area (Å²) in [6.07, 6.45) is 0. The average Bonchev–Trinajstić information content (AvgIpc) is 3.02. The van der Waals surface area contributed by atoms with Crippen LogP contribution in [0.4, 0.5) is 5.69 Å². The number of methoxy groups -OCH3 is 2. The number of thioether (sulfide) groups is 1. The SMILES string of the molecule is COc1ccccc1N1C(=O)[C@H]2[C@H](SC(N)=C3C(=O)Oc4c(OC)cccc4[C@@H]32)C1=O. The summed E-state index contributed by atoms with van der Waals surface area (Å²) >= 11 is 1.03. The molecule has 9 heteroatoms. The number of anilines is 1. The molecule has 5 rings (SSSR count). The first-order valence-electron chi connectivity index (χ1n) is 9.54. The molecule has 3 aliphatic rings. The Morgan fingerprint density at radius 3 is 2.42 bits per heavy atom. The van der Waals surface area contributed by atoms with Crippen molar-refractivity contribution in [3.8, 4) is 17.2 Å². The van der Waals surface area contributed by atoms with Crippen molar-refractivity contribution in [2.24, 2.45) is 11.7 Å². The van der Waals surface area contributed by atoms with Crippen molar-refractivity contribution in [3.63, 3.8) is 0 Å². The summed E-state index contributed by atoms with van der Waals surface area (Å²) in [6, 6.07) is 12.0. The van der Waals surface area contributed by atoms with Gasteiger partial charge in [0.05, 0.1) is 36.4 Å². The molecule has 2 N–H and O–H groups in total. The average molecular weight is 438 g/mol. The molecule has 0 bridgehead atoms. The number of benzene rings is 2. The van der Waals surface area contributed by atoms with Crippen LogP contribution in [0.25, 0.3) is 0 Å². The first-order valence-corrected chi connectivity index (χ1v) is 10.4. The van der Waals surface area contributed by atoms with Crippen LogP contribution < -0.4 is 24.8 Å². The van der Waals surface area contributed by atoms with Crippen LogP contribution in [0.5, 0.6) is 17.2 Å². The molecule has 0 spiro atoms. The molecule has 3 heterocycles. The van der Waals surface area contributed by atoms with Crippen LogP contribution in [-0.4, -0.2) is 37.3 Å². The molecule has 0 aromatic heterocycles. The van der Waals surface area contributed by atoms with Gasteiger partial charge in [-0.2, -0.15) is 0 Å². The van der Waals surface area contributed by atoms with Gasteiger partial charge in [0.1, 0.15) is 11.0 Å². The fourth-order valence-corrected chi connectivity index (χ4v) is 5.70.